The predicted molar refractivity (Wildman–Crippen MR) is 239 cm³/mol. The quantitative estimate of drug-likeness (QED) is 0.0599. The van der Waals surface area contributed by atoms with Crippen molar-refractivity contribution in [3.8, 4) is 0 Å². The molecule has 0 spiro atoms. The molecule has 0 aromatic rings. The summed E-state index contributed by atoms with van der Waals surface area (Å²) < 4.78 is 5.88. The zero-order valence-electron chi connectivity index (χ0n) is 39.4. The molecule has 4 saturated carbocycles. The minimum Gasteiger partial charge on any atom is -0.545 e. The summed E-state index contributed by atoms with van der Waals surface area (Å²) in [4.78, 5) is 52.4. The van der Waals surface area contributed by atoms with Crippen LogP contribution in [-0.2, 0) is 23.9 Å². The zero-order valence-corrected chi connectivity index (χ0v) is 42.3. The Balaban J connectivity index is 0.00000794. The molecule has 5 aliphatic rings. The molecule has 2 unspecified atom stereocenters. The van der Waals surface area contributed by atoms with E-state index in [4.69, 9.17) is 4.74 Å². The molecule has 0 radical (unpaired) electrons. The van der Waals surface area contributed by atoms with E-state index in [-0.39, 0.29) is 86.8 Å². The molecular weight excluding hydrogens is 778 g/mol. The number of fused-ring (bicyclic) bond motifs is 7. The Morgan fingerprint density at radius 1 is 0.850 bits per heavy atom. The smallest absolute Gasteiger partial charge is 0.545 e. The van der Waals surface area contributed by atoms with Gasteiger partial charge < -0.3 is 20.0 Å². The number of esters is 1. The Kier molecular flexibility index (Phi) is 16.8. The number of nitrogens with one attached hydrogen (secondary N) is 1. The normalized spacial score (nSPS) is 36.0. The molecule has 0 aromatic heterocycles. The standard InChI is InChI=1S/C51H77NO6S.Na/c1-34(2)14-12-15-35(3)16-13-17-36(4)22-30-59-31-29-52-45(57)48(8)26-25-47(7)27-28-50(10)37(38(47)33-48)32-39(53)44-49(9)23-21-41(58-43(56)19-18-42(54)55)46(5,6)40(49)20-24-51(44,50)11;/h14,16,18-19,22,32,38,40-41,44H,12-13,15,17,20-21,23-31,33H2,1-11H3,(H,52,57)(H,54,55);/q;+1/p-1/b19-18-,35-16?,36-22?;/t38-,40+,41-,44?,47+,48?,49-,50+,51+;/m0./s1. The molecular formula is C51H76NNaO6S. The van der Waals surface area contributed by atoms with Gasteiger partial charge in [0, 0.05) is 40.9 Å². The van der Waals surface area contributed by atoms with Crippen LogP contribution in [0.4, 0.5) is 0 Å². The van der Waals surface area contributed by atoms with Crippen LogP contribution in [0, 0.1) is 50.2 Å². The molecule has 0 bridgehead atoms. The molecule has 1 N–H and O–H groups in total. The van der Waals surface area contributed by atoms with E-state index < -0.39 is 22.8 Å². The van der Waals surface area contributed by atoms with Gasteiger partial charge in [0.25, 0.3) is 0 Å². The Bertz CT molecular complexity index is 1790. The number of allylic oxidation sites excluding steroid dienone is 7. The molecule has 0 saturated heterocycles. The van der Waals surface area contributed by atoms with Crippen LogP contribution in [0.2, 0.25) is 0 Å². The summed E-state index contributed by atoms with van der Waals surface area (Å²) in [6.07, 6.45) is 22.8. The SMILES string of the molecule is CC(C)=CCCC(C)=CCCC(C)=CCSCCNC(=O)C1(C)CC[C@]2(C)CC[C@]3(C)C(=CC(=O)C4[C@@]5(C)CC[C@H](OC(=O)/C=C\C(=O)[O-])C(C)(C)[C@H]5CC[C@]43C)[C@@H]2C1.[Na+]. The van der Waals surface area contributed by atoms with Crippen molar-refractivity contribution in [2.75, 3.05) is 18.1 Å². The second kappa shape index (κ2) is 19.9. The van der Waals surface area contributed by atoms with Gasteiger partial charge in [0.1, 0.15) is 6.10 Å². The first kappa shape index (κ1) is 50.8. The summed E-state index contributed by atoms with van der Waals surface area (Å²) >= 11 is 1.87. The first-order valence-electron chi connectivity index (χ1n) is 22.7. The van der Waals surface area contributed by atoms with Crippen molar-refractivity contribution in [1.82, 2.24) is 5.32 Å². The number of hydrogen-bond donors (Lipinski definition) is 1. The van der Waals surface area contributed by atoms with Crippen LogP contribution < -0.4 is 40.0 Å². The number of carbonyl (C=O) groups is 4. The van der Waals surface area contributed by atoms with Crippen LogP contribution in [0.5, 0.6) is 0 Å². The maximum Gasteiger partial charge on any atom is 1.00 e. The van der Waals surface area contributed by atoms with E-state index in [1.54, 1.807) is 0 Å². The van der Waals surface area contributed by atoms with Crippen LogP contribution in [-0.4, -0.2) is 47.8 Å². The van der Waals surface area contributed by atoms with E-state index >= 15 is 0 Å². The van der Waals surface area contributed by atoms with E-state index in [2.05, 4.69) is 106 Å². The number of ketones is 1. The van der Waals surface area contributed by atoms with Gasteiger partial charge in [-0.1, -0.05) is 89.0 Å². The minimum atomic E-state index is -1.43. The van der Waals surface area contributed by atoms with Crippen LogP contribution >= 0.6 is 11.8 Å². The Hall–Kier alpha value is -1.87. The third kappa shape index (κ3) is 10.4. The molecule has 4 fully saturated rings. The number of rotatable bonds is 15. The summed E-state index contributed by atoms with van der Waals surface area (Å²) in [5.41, 5.74) is 4.07. The third-order valence-electron chi connectivity index (χ3n) is 16.9. The third-order valence-corrected chi connectivity index (χ3v) is 17.8. The van der Waals surface area contributed by atoms with Gasteiger partial charge in [-0.3, -0.25) is 9.59 Å². The average molecular weight is 854 g/mol. The summed E-state index contributed by atoms with van der Waals surface area (Å²) in [6, 6.07) is 0. The number of aliphatic carboxylic acids is 1. The number of amides is 1. The molecule has 9 heteroatoms. The molecule has 7 nitrogen and oxygen atoms in total. The van der Waals surface area contributed by atoms with Crippen molar-refractivity contribution in [2.24, 2.45) is 50.2 Å². The zero-order chi connectivity index (χ0) is 43.6. The molecule has 5 rings (SSSR count). The number of carboxylic acid groups (broad SMARTS) is 1. The first-order valence-corrected chi connectivity index (χ1v) is 23.8. The van der Waals surface area contributed by atoms with Gasteiger partial charge in [-0.25, -0.2) is 4.79 Å². The van der Waals surface area contributed by atoms with E-state index in [0.29, 0.717) is 19.0 Å². The number of ether oxygens (including phenoxy) is 1. The van der Waals surface area contributed by atoms with E-state index in [1.807, 2.05) is 11.8 Å². The van der Waals surface area contributed by atoms with Gasteiger partial charge in [0.2, 0.25) is 5.91 Å². The fourth-order valence-electron chi connectivity index (χ4n) is 13.0. The van der Waals surface area contributed by atoms with Gasteiger partial charge in [0.15, 0.2) is 5.78 Å². The minimum absolute atomic E-state index is 0. The summed E-state index contributed by atoms with van der Waals surface area (Å²) in [5.74, 6) is 0.304. The predicted octanol–water partition coefficient (Wildman–Crippen LogP) is 7.46. The average Bonchev–Trinajstić information content (AvgIpc) is 3.14. The molecule has 1 amide bonds. The van der Waals surface area contributed by atoms with Crippen molar-refractivity contribution in [1.29, 1.82) is 0 Å². The monoisotopic (exact) mass is 854 g/mol. The van der Waals surface area contributed by atoms with Crippen molar-refractivity contribution < 1.29 is 58.6 Å². The number of carbonyl (C=O) groups excluding carboxylic acids is 4. The van der Waals surface area contributed by atoms with Crippen molar-refractivity contribution in [3.63, 3.8) is 0 Å². The first-order chi connectivity index (χ1) is 27.5. The van der Waals surface area contributed by atoms with Crippen LogP contribution in [0.25, 0.3) is 0 Å². The maximum absolute atomic E-state index is 14.9. The molecule has 0 heterocycles. The topological polar surface area (TPSA) is 113 Å². The van der Waals surface area contributed by atoms with Gasteiger partial charge in [-0.05, 0) is 157 Å². The van der Waals surface area contributed by atoms with Gasteiger partial charge >= 0.3 is 35.5 Å². The Morgan fingerprint density at radius 2 is 1.50 bits per heavy atom. The van der Waals surface area contributed by atoms with E-state index in [0.717, 1.165) is 94.6 Å². The van der Waals surface area contributed by atoms with E-state index in [1.165, 1.54) is 22.3 Å². The van der Waals surface area contributed by atoms with Gasteiger partial charge in [0.05, 0.1) is 5.97 Å². The molecule has 9 atom stereocenters. The van der Waals surface area contributed by atoms with Crippen molar-refractivity contribution in [3.05, 3.63) is 58.7 Å². The van der Waals surface area contributed by atoms with Crippen LogP contribution in [0.3, 0.4) is 0 Å². The number of hydrogen-bond acceptors (Lipinski definition) is 7. The summed E-state index contributed by atoms with van der Waals surface area (Å²) in [5, 5.41) is 14.2. The van der Waals surface area contributed by atoms with E-state index in [9.17, 15) is 24.3 Å². The number of thioether (sulfide) groups is 1. The van der Waals surface area contributed by atoms with Crippen LogP contribution in [0.1, 0.15) is 160 Å². The molecule has 60 heavy (non-hydrogen) atoms. The fraction of sp³-hybridized carbons (Fsp3) is 0.725. The maximum atomic E-state index is 14.9. The Labute approximate surface area is 389 Å². The molecule has 0 aliphatic heterocycles. The van der Waals surface area contributed by atoms with Crippen LogP contribution in [0.15, 0.2) is 58.7 Å². The van der Waals surface area contributed by atoms with Gasteiger partial charge in [-0.2, -0.15) is 11.8 Å². The summed E-state index contributed by atoms with van der Waals surface area (Å²) in [7, 11) is 0. The molecule has 5 aliphatic carbocycles. The second-order valence-electron chi connectivity index (χ2n) is 21.5. The Morgan fingerprint density at radius 3 is 2.17 bits per heavy atom. The molecule has 328 valence electrons. The van der Waals surface area contributed by atoms with Gasteiger partial charge in [-0.15, -0.1) is 0 Å². The summed E-state index contributed by atoms with van der Waals surface area (Å²) in [6.45, 7) is 25.5. The van der Waals surface area contributed by atoms with Crippen molar-refractivity contribution in [2.45, 2.75) is 166 Å². The van der Waals surface area contributed by atoms with Crippen molar-refractivity contribution >= 4 is 35.4 Å². The molecule has 0 aromatic carbocycles. The largest absolute Gasteiger partial charge is 1.00 e. The second-order valence-corrected chi connectivity index (χ2v) is 22.6. The number of carboxylic acids is 1. The fourth-order valence-corrected chi connectivity index (χ4v) is 13.8.